The summed E-state index contributed by atoms with van der Waals surface area (Å²) in [4.78, 5) is 17.9. The molecule has 0 radical (unpaired) electrons. The van der Waals surface area contributed by atoms with E-state index in [9.17, 15) is 4.79 Å². The molecule has 1 aromatic carbocycles. The Morgan fingerprint density at radius 3 is 2.92 bits per heavy atom. The van der Waals surface area contributed by atoms with Crippen LogP contribution in [0.3, 0.4) is 0 Å². The van der Waals surface area contributed by atoms with Crippen LogP contribution in [-0.4, -0.2) is 48.1 Å². The van der Waals surface area contributed by atoms with Crippen molar-refractivity contribution in [2.24, 2.45) is 4.99 Å². The fourth-order valence-corrected chi connectivity index (χ4v) is 3.02. The molecule has 2 N–H and O–H groups in total. The van der Waals surface area contributed by atoms with Crippen molar-refractivity contribution < 1.29 is 9.32 Å². The van der Waals surface area contributed by atoms with Gasteiger partial charge in [-0.05, 0) is 6.42 Å². The molecule has 1 saturated heterocycles. The van der Waals surface area contributed by atoms with Crippen molar-refractivity contribution in [3.05, 3.63) is 42.1 Å². The molecule has 1 aromatic heterocycles. The van der Waals surface area contributed by atoms with Crippen LogP contribution < -0.4 is 10.6 Å². The number of hydrogen-bond donors (Lipinski definition) is 2. The average Bonchev–Trinajstić information content (AvgIpc) is 3.35. The van der Waals surface area contributed by atoms with E-state index < -0.39 is 0 Å². The lowest BCUT2D eigenvalue weighted by molar-refractivity contribution is -0.129. The molecule has 0 bridgehead atoms. The summed E-state index contributed by atoms with van der Waals surface area (Å²) >= 11 is 0. The maximum atomic E-state index is 11.8. The van der Waals surface area contributed by atoms with Crippen LogP contribution in [0, 0.1) is 0 Å². The Balaban J connectivity index is 1.51. The van der Waals surface area contributed by atoms with Crippen molar-refractivity contribution in [2.45, 2.75) is 32.4 Å². The largest absolute Gasteiger partial charge is 0.356 e. The summed E-state index contributed by atoms with van der Waals surface area (Å²) in [7, 11) is 1.73. The Hall–Kier alpha value is -2.83. The Kier molecular flexibility index (Phi) is 5.88. The Labute approximate surface area is 153 Å². The van der Waals surface area contributed by atoms with E-state index in [0.717, 1.165) is 36.5 Å². The smallest absolute Gasteiger partial charge is 0.222 e. The van der Waals surface area contributed by atoms with Crippen LogP contribution in [0.2, 0.25) is 0 Å². The highest BCUT2D eigenvalue weighted by Gasteiger charge is 2.25. The van der Waals surface area contributed by atoms with Crippen LogP contribution in [0.4, 0.5) is 0 Å². The minimum Gasteiger partial charge on any atom is -0.356 e. The monoisotopic (exact) mass is 355 g/mol. The zero-order chi connectivity index (χ0) is 18.4. The van der Waals surface area contributed by atoms with Gasteiger partial charge in [-0.25, -0.2) is 0 Å². The molecule has 1 fully saturated rings. The maximum absolute atomic E-state index is 11.8. The van der Waals surface area contributed by atoms with Crippen molar-refractivity contribution >= 4 is 11.9 Å². The van der Waals surface area contributed by atoms with Crippen LogP contribution in [0.5, 0.6) is 0 Å². The number of nitrogens with zero attached hydrogens (tertiary/aromatic N) is 3. The molecule has 0 saturated carbocycles. The van der Waals surface area contributed by atoms with Gasteiger partial charge in [0.05, 0.1) is 6.54 Å². The molecule has 7 nitrogen and oxygen atoms in total. The lowest BCUT2D eigenvalue weighted by atomic mass is 10.2. The molecule has 3 rings (SSSR count). The molecule has 2 heterocycles. The summed E-state index contributed by atoms with van der Waals surface area (Å²) in [6.07, 6.45) is 1.48. The fourth-order valence-electron chi connectivity index (χ4n) is 3.02. The predicted octanol–water partition coefficient (Wildman–Crippen LogP) is 2.02. The molecule has 1 amide bonds. The number of hydrogen-bond acceptors (Lipinski definition) is 4. The highest BCUT2D eigenvalue weighted by molar-refractivity contribution is 5.80. The zero-order valence-corrected chi connectivity index (χ0v) is 15.2. The summed E-state index contributed by atoms with van der Waals surface area (Å²) < 4.78 is 5.41. The Bertz CT molecular complexity index is 756. The average molecular weight is 355 g/mol. The fraction of sp³-hybridized carbons (Fsp3) is 0.421. The van der Waals surface area contributed by atoms with E-state index in [-0.39, 0.29) is 11.9 Å². The van der Waals surface area contributed by atoms with Gasteiger partial charge < -0.3 is 20.1 Å². The van der Waals surface area contributed by atoms with Gasteiger partial charge in [0, 0.05) is 44.2 Å². The molecule has 1 aliphatic rings. The molecule has 26 heavy (non-hydrogen) atoms. The first-order valence-corrected chi connectivity index (χ1v) is 8.95. The van der Waals surface area contributed by atoms with Crippen molar-refractivity contribution in [1.29, 1.82) is 0 Å². The number of aromatic nitrogens is 1. The van der Waals surface area contributed by atoms with Gasteiger partial charge in [0.2, 0.25) is 5.91 Å². The number of benzene rings is 1. The van der Waals surface area contributed by atoms with E-state index in [0.29, 0.717) is 18.9 Å². The first kappa shape index (κ1) is 18.0. The second-order valence-corrected chi connectivity index (χ2v) is 6.30. The third-order valence-corrected chi connectivity index (χ3v) is 4.46. The lowest BCUT2D eigenvalue weighted by Gasteiger charge is -2.18. The highest BCUT2D eigenvalue weighted by Crippen LogP contribution is 2.19. The van der Waals surface area contributed by atoms with Gasteiger partial charge in [-0.1, -0.05) is 42.4 Å². The van der Waals surface area contributed by atoms with Crippen LogP contribution in [0.15, 0.2) is 45.9 Å². The minimum atomic E-state index is 0.202. The van der Waals surface area contributed by atoms with Gasteiger partial charge in [0.1, 0.15) is 5.69 Å². The molecule has 1 unspecified atom stereocenters. The Morgan fingerprint density at radius 1 is 1.38 bits per heavy atom. The molecule has 0 spiro atoms. The lowest BCUT2D eigenvalue weighted by Crippen LogP contribution is -2.44. The van der Waals surface area contributed by atoms with Gasteiger partial charge in [-0.15, -0.1) is 0 Å². The number of nitrogens with one attached hydrogen (secondary N) is 2. The highest BCUT2D eigenvalue weighted by atomic mass is 16.5. The van der Waals surface area contributed by atoms with E-state index in [1.165, 1.54) is 0 Å². The molecule has 1 aliphatic heterocycles. The summed E-state index contributed by atoms with van der Waals surface area (Å²) in [6.45, 7) is 3.92. The number of likely N-dealkylation sites (tertiary alicyclic amines) is 1. The molecule has 2 aromatic rings. The van der Waals surface area contributed by atoms with E-state index in [1.54, 1.807) is 7.05 Å². The molecular formula is C19H25N5O2. The summed E-state index contributed by atoms with van der Waals surface area (Å²) in [5.74, 6) is 1.65. The number of amides is 1. The quantitative estimate of drug-likeness (QED) is 0.633. The SMILES string of the molecule is CCC(=O)N1CCC(NC(=NC)NCc2cc(-c3ccccc3)on2)C1. The van der Waals surface area contributed by atoms with Gasteiger partial charge >= 0.3 is 0 Å². The summed E-state index contributed by atoms with van der Waals surface area (Å²) in [5, 5.41) is 10.7. The van der Waals surface area contributed by atoms with Crippen LogP contribution >= 0.6 is 0 Å². The van der Waals surface area contributed by atoms with Gasteiger partial charge in [0.15, 0.2) is 11.7 Å². The van der Waals surface area contributed by atoms with Crippen molar-refractivity contribution in [2.75, 3.05) is 20.1 Å². The van der Waals surface area contributed by atoms with Gasteiger partial charge in [0.25, 0.3) is 0 Å². The number of rotatable bonds is 5. The molecule has 138 valence electrons. The van der Waals surface area contributed by atoms with Crippen molar-refractivity contribution in [3.63, 3.8) is 0 Å². The van der Waals surface area contributed by atoms with Crippen LogP contribution in [0.1, 0.15) is 25.5 Å². The van der Waals surface area contributed by atoms with Crippen molar-refractivity contribution in [1.82, 2.24) is 20.7 Å². The third-order valence-electron chi connectivity index (χ3n) is 4.46. The molecule has 7 heteroatoms. The van der Waals surface area contributed by atoms with E-state index in [1.807, 2.05) is 48.2 Å². The van der Waals surface area contributed by atoms with Crippen molar-refractivity contribution in [3.8, 4) is 11.3 Å². The number of carbonyl (C=O) groups is 1. The van der Waals surface area contributed by atoms with Crippen LogP contribution in [-0.2, 0) is 11.3 Å². The second-order valence-electron chi connectivity index (χ2n) is 6.30. The van der Waals surface area contributed by atoms with Gasteiger partial charge in [-0.3, -0.25) is 9.79 Å². The number of carbonyl (C=O) groups excluding carboxylic acids is 1. The normalized spacial score (nSPS) is 17.4. The van der Waals surface area contributed by atoms with E-state index in [2.05, 4.69) is 20.8 Å². The predicted molar refractivity (Wildman–Crippen MR) is 101 cm³/mol. The van der Waals surface area contributed by atoms with E-state index in [4.69, 9.17) is 4.52 Å². The number of aliphatic imine (C=N–C) groups is 1. The Morgan fingerprint density at radius 2 is 2.19 bits per heavy atom. The summed E-state index contributed by atoms with van der Waals surface area (Å²) in [6, 6.07) is 12.0. The standard InChI is InChI=1S/C19H25N5O2/c1-3-18(25)24-10-9-15(13-24)22-19(20-2)21-12-16-11-17(26-23-16)14-7-5-4-6-8-14/h4-8,11,15H,3,9-10,12-13H2,1-2H3,(H2,20,21,22). The minimum absolute atomic E-state index is 0.202. The second kappa shape index (κ2) is 8.51. The first-order valence-electron chi connectivity index (χ1n) is 8.95. The van der Waals surface area contributed by atoms with Gasteiger partial charge in [-0.2, -0.15) is 0 Å². The maximum Gasteiger partial charge on any atom is 0.222 e. The third kappa shape index (κ3) is 4.41. The molecule has 0 aliphatic carbocycles. The number of guanidine groups is 1. The topological polar surface area (TPSA) is 82.8 Å². The first-order chi connectivity index (χ1) is 12.7. The molecular weight excluding hydrogens is 330 g/mol. The summed E-state index contributed by atoms with van der Waals surface area (Å²) in [5.41, 5.74) is 1.81. The van der Waals surface area contributed by atoms with Crippen LogP contribution in [0.25, 0.3) is 11.3 Å². The molecule has 1 atom stereocenters. The van der Waals surface area contributed by atoms with E-state index >= 15 is 0 Å². The zero-order valence-electron chi connectivity index (χ0n) is 15.2.